The third-order valence-electron chi connectivity index (χ3n) is 3.80. The van der Waals surface area contributed by atoms with Gasteiger partial charge in [-0.1, -0.05) is 54.1 Å². The van der Waals surface area contributed by atoms with E-state index in [0.717, 1.165) is 23.3 Å². The number of benzene rings is 2. The number of anilines is 1. The average molecular weight is 430 g/mol. The van der Waals surface area contributed by atoms with E-state index in [1.54, 1.807) is 25.3 Å². The molecule has 150 valence electrons. The smallest absolute Gasteiger partial charge is 0.286 e. The van der Waals surface area contributed by atoms with Gasteiger partial charge in [0.2, 0.25) is 5.01 Å². The zero-order valence-electron chi connectivity index (χ0n) is 16.0. The zero-order valence-corrected chi connectivity index (χ0v) is 17.6. The zero-order chi connectivity index (χ0) is 20.6. The molecule has 0 radical (unpaired) electrons. The van der Waals surface area contributed by atoms with Crippen LogP contribution in [0.4, 0.5) is 5.69 Å². The Kier molecular flexibility index (Phi) is 7.21. The highest BCUT2D eigenvalue weighted by molar-refractivity contribution is 7.15. The van der Waals surface area contributed by atoms with Gasteiger partial charge in [0.25, 0.3) is 5.91 Å². The Morgan fingerprint density at radius 2 is 1.90 bits per heavy atom. The first-order valence-electron chi connectivity index (χ1n) is 8.99. The summed E-state index contributed by atoms with van der Waals surface area (Å²) >= 11 is 7.52. The fourth-order valence-corrected chi connectivity index (χ4v) is 3.36. The molecule has 0 saturated carbocycles. The molecular weight excluding hydrogens is 410 g/mol. The first-order chi connectivity index (χ1) is 14.1. The second kappa shape index (κ2) is 10.0. The molecule has 0 aliphatic heterocycles. The second-order valence-corrected chi connectivity index (χ2v) is 7.37. The molecule has 3 rings (SSSR count). The van der Waals surface area contributed by atoms with E-state index in [1.807, 2.05) is 43.3 Å². The van der Waals surface area contributed by atoms with Crippen molar-refractivity contribution in [3.8, 4) is 11.5 Å². The van der Waals surface area contributed by atoms with E-state index < -0.39 is 0 Å². The van der Waals surface area contributed by atoms with Crippen LogP contribution < -0.4 is 14.8 Å². The highest BCUT2D eigenvalue weighted by atomic mass is 35.5. The molecule has 0 atom stereocenters. The van der Waals surface area contributed by atoms with Crippen molar-refractivity contribution < 1.29 is 14.3 Å². The lowest BCUT2D eigenvalue weighted by Crippen LogP contribution is -2.11. The Morgan fingerprint density at radius 1 is 1.14 bits per heavy atom. The maximum Gasteiger partial charge on any atom is 0.286 e. The van der Waals surface area contributed by atoms with Gasteiger partial charge in [0.1, 0.15) is 0 Å². The topological polar surface area (TPSA) is 73.3 Å². The summed E-state index contributed by atoms with van der Waals surface area (Å²) in [7, 11) is 1.59. The van der Waals surface area contributed by atoms with Crippen molar-refractivity contribution in [2.45, 2.75) is 13.3 Å². The Hall–Kier alpha value is -2.90. The highest BCUT2D eigenvalue weighted by Gasteiger charge is 2.15. The summed E-state index contributed by atoms with van der Waals surface area (Å²) in [5.74, 6) is 0.971. The predicted molar refractivity (Wildman–Crippen MR) is 117 cm³/mol. The minimum atomic E-state index is -0.330. The predicted octanol–water partition coefficient (Wildman–Crippen LogP) is 5.32. The minimum absolute atomic E-state index is 0.233. The summed E-state index contributed by atoms with van der Waals surface area (Å²) in [6, 6.07) is 14.7. The number of rotatable bonds is 8. The number of carbonyl (C=O) groups excluding carboxylic acids is 1. The fourth-order valence-electron chi connectivity index (χ4n) is 2.43. The molecule has 8 heteroatoms. The second-order valence-electron chi connectivity index (χ2n) is 5.98. The summed E-state index contributed by atoms with van der Waals surface area (Å²) < 4.78 is 11.0. The van der Waals surface area contributed by atoms with Crippen molar-refractivity contribution in [1.29, 1.82) is 0 Å². The van der Waals surface area contributed by atoms with E-state index in [0.29, 0.717) is 33.8 Å². The molecule has 1 aromatic heterocycles. The van der Waals surface area contributed by atoms with Crippen LogP contribution in [0.5, 0.6) is 11.5 Å². The molecule has 29 heavy (non-hydrogen) atoms. The van der Waals surface area contributed by atoms with Gasteiger partial charge >= 0.3 is 0 Å². The lowest BCUT2D eigenvalue weighted by molar-refractivity contribution is 0.102. The number of ether oxygens (including phenoxy) is 2. The van der Waals surface area contributed by atoms with Crippen molar-refractivity contribution in [3.05, 3.63) is 64.1 Å². The summed E-state index contributed by atoms with van der Waals surface area (Å²) in [5.41, 5.74) is 1.51. The monoisotopic (exact) mass is 429 g/mol. The molecule has 0 bridgehead atoms. The largest absolute Gasteiger partial charge is 0.493 e. The number of methoxy groups -OCH3 is 1. The molecule has 0 aliphatic carbocycles. The summed E-state index contributed by atoms with van der Waals surface area (Å²) in [6.45, 7) is 2.66. The lowest BCUT2D eigenvalue weighted by atomic mass is 10.2. The Balaban J connectivity index is 1.74. The van der Waals surface area contributed by atoms with Crippen LogP contribution >= 0.6 is 22.9 Å². The number of halogens is 1. The van der Waals surface area contributed by atoms with Gasteiger partial charge in [-0.3, -0.25) is 4.79 Å². The summed E-state index contributed by atoms with van der Waals surface area (Å²) in [5, 5.41) is 11.8. The molecule has 3 aromatic rings. The Bertz CT molecular complexity index is 1010. The average Bonchev–Trinajstić information content (AvgIpc) is 3.24. The van der Waals surface area contributed by atoms with Gasteiger partial charge < -0.3 is 14.8 Å². The lowest BCUT2D eigenvalue weighted by Gasteiger charge is -2.10. The molecule has 0 spiro atoms. The van der Waals surface area contributed by atoms with Gasteiger partial charge in [-0.2, -0.15) is 0 Å². The molecule has 0 aliphatic rings. The first kappa shape index (κ1) is 20.8. The standard InChI is InChI=1S/C21H20ClN3O3S/c1-3-11-28-17-10-9-14(13-18(17)27-2)12-16(22)20-24-25-21(29-20)19(26)23-15-7-5-4-6-8-15/h4-10,12-13H,3,11H2,1-2H3,(H,23,26)/b16-12-. The van der Waals surface area contributed by atoms with Crippen molar-refractivity contribution in [2.24, 2.45) is 0 Å². The number of para-hydroxylation sites is 1. The molecule has 0 unspecified atom stereocenters. The SMILES string of the molecule is CCCOc1ccc(/C=C(\Cl)c2nnc(C(=O)Nc3ccccc3)s2)cc1OC. The molecule has 1 N–H and O–H groups in total. The van der Waals surface area contributed by atoms with Crippen LogP contribution in [0.2, 0.25) is 0 Å². The maximum atomic E-state index is 12.3. The number of aromatic nitrogens is 2. The van der Waals surface area contributed by atoms with Crippen LogP contribution in [-0.4, -0.2) is 29.8 Å². The van der Waals surface area contributed by atoms with Gasteiger partial charge in [0.15, 0.2) is 16.5 Å². The number of hydrogen-bond donors (Lipinski definition) is 1. The van der Waals surface area contributed by atoms with Gasteiger partial charge in [0, 0.05) is 5.69 Å². The molecule has 2 aromatic carbocycles. The molecule has 0 fully saturated rings. The van der Waals surface area contributed by atoms with E-state index in [-0.39, 0.29) is 10.9 Å². The molecule has 1 amide bonds. The maximum absolute atomic E-state index is 12.3. The quantitative estimate of drug-likeness (QED) is 0.524. The number of nitrogens with zero attached hydrogens (tertiary/aromatic N) is 2. The minimum Gasteiger partial charge on any atom is -0.493 e. The van der Waals surface area contributed by atoms with Crippen molar-refractivity contribution in [2.75, 3.05) is 19.0 Å². The van der Waals surface area contributed by atoms with Gasteiger partial charge in [-0.25, -0.2) is 0 Å². The van der Waals surface area contributed by atoms with Crippen LogP contribution in [0.15, 0.2) is 48.5 Å². The number of hydrogen-bond acceptors (Lipinski definition) is 6. The van der Waals surface area contributed by atoms with Crippen molar-refractivity contribution in [3.63, 3.8) is 0 Å². The molecule has 1 heterocycles. The number of nitrogens with one attached hydrogen (secondary N) is 1. The van der Waals surface area contributed by atoms with E-state index in [2.05, 4.69) is 15.5 Å². The van der Waals surface area contributed by atoms with E-state index >= 15 is 0 Å². The molecule has 0 saturated heterocycles. The summed E-state index contributed by atoms with van der Waals surface area (Å²) in [6.07, 6.45) is 2.65. The number of amides is 1. The van der Waals surface area contributed by atoms with Crippen LogP contribution in [0.3, 0.4) is 0 Å². The van der Waals surface area contributed by atoms with Crippen LogP contribution in [0.25, 0.3) is 11.1 Å². The van der Waals surface area contributed by atoms with Gasteiger partial charge in [-0.05, 0) is 42.3 Å². The van der Waals surface area contributed by atoms with Crippen molar-refractivity contribution in [1.82, 2.24) is 10.2 Å². The first-order valence-corrected chi connectivity index (χ1v) is 10.2. The highest BCUT2D eigenvalue weighted by Crippen LogP contribution is 2.31. The van der Waals surface area contributed by atoms with E-state index in [1.165, 1.54) is 0 Å². The Morgan fingerprint density at radius 3 is 2.62 bits per heavy atom. The molecule has 6 nitrogen and oxygen atoms in total. The van der Waals surface area contributed by atoms with Crippen LogP contribution in [0, 0.1) is 0 Å². The van der Waals surface area contributed by atoms with Gasteiger partial charge in [-0.15, -0.1) is 10.2 Å². The van der Waals surface area contributed by atoms with Crippen LogP contribution in [0.1, 0.15) is 33.7 Å². The van der Waals surface area contributed by atoms with Gasteiger partial charge in [0.05, 0.1) is 18.7 Å². The summed E-state index contributed by atoms with van der Waals surface area (Å²) in [4.78, 5) is 12.3. The fraction of sp³-hybridized carbons (Fsp3) is 0.190. The number of carbonyl (C=O) groups is 1. The Labute approximate surface area is 178 Å². The van der Waals surface area contributed by atoms with E-state index in [4.69, 9.17) is 21.1 Å². The van der Waals surface area contributed by atoms with Crippen molar-refractivity contribution >= 4 is 45.6 Å². The molecular formula is C21H20ClN3O3S. The van der Waals surface area contributed by atoms with Crippen LogP contribution in [-0.2, 0) is 0 Å². The van der Waals surface area contributed by atoms with E-state index in [9.17, 15) is 4.79 Å². The third-order valence-corrected chi connectivity index (χ3v) is 5.15. The normalized spacial score (nSPS) is 11.2. The third kappa shape index (κ3) is 5.56.